The fourth-order valence-corrected chi connectivity index (χ4v) is 2.41. The quantitative estimate of drug-likeness (QED) is 0.730. The number of aromatic nitrogens is 2. The third-order valence-electron chi connectivity index (χ3n) is 3.51. The molecule has 146 valence electrons. The average molecular weight is 393 g/mol. The summed E-state index contributed by atoms with van der Waals surface area (Å²) in [6.07, 6.45) is 1.43. The monoisotopic (exact) mass is 392 g/mol. The summed E-state index contributed by atoms with van der Waals surface area (Å²) in [5.41, 5.74) is -0.145. The molecular weight excluding hydrogens is 368 g/mol. The molecule has 1 aromatic carbocycles. The van der Waals surface area contributed by atoms with E-state index in [1.807, 2.05) is 41.5 Å². The number of ether oxygens (including phenoxy) is 2. The lowest BCUT2D eigenvalue weighted by Crippen LogP contribution is -2.36. The number of rotatable bonds is 4. The molecule has 1 heterocycles. The van der Waals surface area contributed by atoms with E-state index in [1.165, 1.54) is 10.9 Å². The molecule has 0 aliphatic carbocycles. The van der Waals surface area contributed by atoms with E-state index < -0.39 is 16.7 Å². The van der Waals surface area contributed by atoms with Crippen molar-refractivity contribution in [3.05, 3.63) is 57.0 Å². The molecule has 0 saturated heterocycles. The lowest BCUT2D eigenvalue weighted by atomic mass is 10.1. The van der Waals surface area contributed by atoms with Gasteiger partial charge in [-0.1, -0.05) is 23.7 Å². The van der Waals surface area contributed by atoms with Gasteiger partial charge in [-0.15, -0.1) is 0 Å². The molecule has 27 heavy (non-hydrogen) atoms. The fraction of sp³-hybridized carbons (Fsp3) is 0.450. The molecule has 0 saturated carbocycles. The van der Waals surface area contributed by atoms with Crippen molar-refractivity contribution in [1.29, 1.82) is 0 Å². The maximum atomic E-state index is 12.3. The molecule has 2 rings (SSSR count). The Labute approximate surface area is 164 Å². The van der Waals surface area contributed by atoms with Crippen LogP contribution in [0.25, 0.3) is 0 Å². The normalized spacial score (nSPS) is 12.0. The van der Waals surface area contributed by atoms with Gasteiger partial charge in [0, 0.05) is 0 Å². The van der Waals surface area contributed by atoms with Crippen molar-refractivity contribution < 1.29 is 14.3 Å². The van der Waals surface area contributed by atoms with Crippen LogP contribution >= 0.6 is 11.6 Å². The van der Waals surface area contributed by atoms with E-state index in [-0.39, 0.29) is 23.3 Å². The number of benzene rings is 1. The van der Waals surface area contributed by atoms with Gasteiger partial charge in [-0.25, -0.2) is 9.48 Å². The smallest absolute Gasteiger partial charge is 0.338 e. The number of esters is 1. The number of hydrogen-bond donors (Lipinski definition) is 0. The van der Waals surface area contributed by atoms with Gasteiger partial charge in [-0.05, 0) is 59.2 Å². The Morgan fingerprint density at radius 1 is 1.11 bits per heavy atom. The molecule has 0 aliphatic heterocycles. The molecule has 0 unspecified atom stereocenters. The maximum Gasteiger partial charge on any atom is 0.338 e. The molecule has 6 nitrogen and oxygen atoms in total. The van der Waals surface area contributed by atoms with Crippen molar-refractivity contribution in [2.75, 3.05) is 0 Å². The molecular formula is C20H25ClN2O4. The van der Waals surface area contributed by atoms with Crippen LogP contribution in [0.4, 0.5) is 0 Å². The van der Waals surface area contributed by atoms with Gasteiger partial charge in [0.1, 0.15) is 12.2 Å². The molecule has 0 fully saturated rings. The summed E-state index contributed by atoms with van der Waals surface area (Å²) in [6.45, 7) is 11.2. The van der Waals surface area contributed by atoms with Crippen LogP contribution in [0.2, 0.25) is 5.02 Å². The van der Waals surface area contributed by atoms with E-state index in [1.54, 1.807) is 24.3 Å². The highest BCUT2D eigenvalue weighted by atomic mass is 35.5. The number of carbonyl (C=O) groups is 1. The number of carbonyl (C=O) groups excluding carboxylic acids is 1. The fourth-order valence-electron chi connectivity index (χ4n) is 2.23. The summed E-state index contributed by atoms with van der Waals surface area (Å²) < 4.78 is 12.3. The highest BCUT2D eigenvalue weighted by Crippen LogP contribution is 2.22. The molecule has 0 amide bonds. The Balaban J connectivity index is 2.08. The number of hydrogen-bond acceptors (Lipinski definition) is 5. The molecule has 2 aromatic rings. The Hall–Kier alpha value is -2.34. The minimum Gasteiger partial charge on any atom is -0.485 e. The van der Waals surface area contributed by atoms with Gasteiger partial charge in [0.15, 0.2) is 10.8 Å². The van der Waals surface area contributed by atoms with Crippen LogP contribution < -0.4 is 10.3 Å². The standard InChI is InChI=1S/C20H25ClN2O4/c1-19(2,3)23-17(24)16(21)15(11-22-23)26-12-13-7-9-14(10-8-13)18(25)27-20(4,5)6/h7-11H,12H2,1-6H3. The van der Waals surface area contributed by atoms with Crippen LogP contribution in [-0.4, -0.2) is 21.4 Å². The lowest BCUT2D eigenvalue weighted by Gasteiger charge is -2.21. The van der Waals surface area contributed by atoms with Gasteiger partial charge < -0.3 is 9.47 Å². The first-order valence-corrected chi connectivity index (χ1v) is 9.00. The molecule has 0 atom stereocenters. The maximum absolute atomic E-state index is 12.3. The Morgan fingerprint density at radius 2 is 1.70 bits per heavy atom. The second kappa shape index (κ2) is 7.72. The second-order valence-corrected chi connectivity index (χ2v) is 8.58. The predicted octanol–water partition coefficient (Wildman–Crippen LogP) is 4.19. The van der Waals surface area contributed by atoms with E-state index in [2.05, 4.69) is 5.10 Å². The Bertz CT molecular complexity index is 875. The van der Waals surface area contributed by atoms with Gasteiger partial charge in [0.05, 0.1) is 17.3 Å². The largest absolute Gasteiger partial charge is 0.485 e. The van der Waals surface area contributed by atoms with E-state index >= 15 is 0 Å². The van der Waals surface area contributed by atoms with Gasteiger partial charge in [0.2, 0.25) is 0 Å². The molecule has 0 aliphatic rings. The van der Waals surface area contributed by atoms with Gasteiger partial charge in [-0.2, -0.15) is 5.10 Å². The summed E-state index contributed by atoms with van der Waals surface area (Å²) in [5, 5.41) is 4.12. The summed E-state index contributed by atoms with van der Waals surface area (Å²) in [6, 6.07) is 6.86. The van der Waals surface area contributed by atoms with Crippen molar-refractivity contribution in [3.8, 4) is 5.75 Å². The average Bonchev–Trinajstić information content (AvgIpc) is 2.54. The Kier molecular flexibility index (Phi) is 6.00. The summed E-state index contributed by atoms with van der Waals surface area (Å²) in [5.74, 6) is -0.161. The SMILES string of the molecule is CC(C)(C)OC(=O)c1ccc(COc2cnn(C(C)(C)C)c(=O)c2Cl)cc1. The minimum atomic E-state index is -0.546. The van der Waals surface area contributed by atoms with Crippen LogP contribution in [0, 0.1) is 0 Å². The van der Waals surface area contributed by atoms with E-state index in [9.17, 15) is 9.59 Å². The number of nitrogens with zero attached hydrogens (tertiary/aromatic N) is 2. The third kappa shape index (κ3) is 5.57. The zero-order valence-corrected chi connectivity index (χ0v) is 17.3. The van der Waals surface area contributed by atoms with Crippen LogP contribution in [0.15, 0.2) is 35.3 Å². The first-order chi connectivity index (χ1) is 12.4. The van der Waals surface area contributed by atoms with E-state index in [0.29, 0.717) is 5.56 Å². The summed E-state index contributed by atoms with van der Waals surface area (Å²) >= 11 is 6.14. The summed E-state index contributed by atoms with van der Waals surface area (Å²) in [7, 11) is 0. The lowest BCUT2D eigenvalue weighted by molar-refractivity contribution is 0.00695. The van der Waals surface area contributed by atoms with Crippen molar-refractivity contribution in [2.45, 2.75) is 59.3 Å². The third-order valence-corrected chi connectivity index (χ3v) is 3.85. The van der Waals surface area contributed by atoms with Crippen molar-refractivity contribution in [2.24, 2.45) is 0 Å². The first-order valence-electron chi connectivity index (χ1n) is 8.62. The predicted molar refractivity (Wildman–Crippen MR) is 104 cm³/mol. The van der Waals surface area contributed by atoms with Crippen LogP contribution in [-0.2, 0) is 16.9 Å². The first kappa shape index (κ1) is 21.0. The summed E-state index contributed by atoms with van der Waals surface area (Å²) in [4.78, 5) is 24.3. The van der Waals surface area contributed by atoms with Crippen LogP contribution in [0.1, 0.15) is 57.5 Å². The highest BCUT2D eigenvalue weighted by molar-refractivity contribution is 6.31. The molecule has 0 spiro atoms. The molecule has 0 bridgehead atoms. The van der Waals surface area contributed by atoms with Crippen molar-refractivity contribution in [3.63, 3.8) is 0 Å². The highest BCUT2D eigenvalue weighted by Gasteiger charge is 2.20. The zero-order valence-electron chi connectivity index (χ0n) is 16.5. The molecule has 0 N–H and O–H groups in total. The van der Waals surface area contributed by atoms with E-state index in [0.717, 1.165) is 5.56 Å². The zero-order chi connectivity index (χ0) is 20.4. The molecule has 7 heteroatoms. The van der Waals surface area contributed by atoms with Gasteiger partial charge in [-0.3, -0.25) is 4.79 Å². The minimum absolute atomic E-state index is 0.00898. The molecule has 0 radical (unpaired) electrons. The van der Waals surface area contributed by atoms with Crippen LogP contribution in [0.3, 0.4) is 0 Å². The second-order valence-electron chi connectivity index (χ2n) is 8.20. The topological polar surface area (TPSA) is 70.4 Å². The van der Waals surface area contributed by atoms with Gasteiger partial charge >= 0.3 is 5.97 Å². The van der Waals surface area contributed by atoms with Gasteiger partial charge in [0.25, 0.3) is 5.56 Å². The Morgan fingerprint density at radius 3 is 2.22 bits per heavy atom. The van der Waals surface area contributed by atoms with E-state index in [4.69, 9.17) is 21.1 Å². The van der Waals surface area contributed by atoms with Crippen molar-refractivity contribution >= 4 is 17.6 Å². The number of halogens is 1. The van der Waals surface area contributed by atoms with Crippen molar-refractivity contribution in [1.82, 2.24) is 9.78 Å². The molecule has 1 aromatic heterocycles. The van der Waals surface area contributed by atoms with Crippen LogP contribution in [0.5, 0.6) is 5.75 Å².